The molecule has 4 heterocycles. The van der Waals surface area contributed by atoms with Crippen molar-refractivity contribution in [2.24, 2.45) is 11.8 Å². The normalized spacial score (nSPS) is 32.9. The lowest BCUT2D eigenvalue weighted by atomic mass is 9.73. The summed E-state index contributed by atoms with van der Waals surface area (Å²) in [5.74, 6) is 0.921. The Kier molecular flexibility index (Phi) is 4.23. The Morgan fingerprint density at radius 2 is 2.28 bits per heavy atom. The van der Waals surface area contributed by atoms with Crippen LogP contribution in [-0.4, -0.2) is 70.4 Å². The highest BCUT2D eigenvalue weighted by molar-refractivity contribution is 7.99. The smallest absolute Gasteiger partial charge is 0.275 e. The molecule has 1 aromatic rings. The van der Waals surface area contributed by atoms with Crippen LogP contribution in [0.3, 0.4) is 0 Å². The number of ether oxygens (including phenoxy) is 1. The molecule has 0 saturated carbocycles. The number of amides is 2. The Balaban J connectivity index is 1.42. The zero-order valence-corrected chi connectivity index (χ0v) is 15.2. The number of carbonyl (C=O) groups is 2. The van der Waals surface area contributed by atoms with Crippen molar-refractivity contribution in [3.05, 3.63) is 11.4 Å². The van der Waals surface area contributed by atoms with E-state index in [4.69, 9.17) is 4.74 Å². The summed E-state index contributed by atoms with van der Waals surface area (Å²) in [5.41, 5.74) is 0.495. The van der Waals surface area contributed by atoms with Crippen molar-refractivity contribution in [3.8, 4) is 0 Å². The monoisotopic (exact) mass is 366 g/mol. The van der Waals surface area contributed by atoms with Gasteiger partial charge in [0.2, 0.25) is 5.91 Å². The third-order valence-electron chi connectivity index (χ3n) is 5.77. The minimum absolute atomic E-state index is 0.166. The summed E-state index contributed by atoms with van der Waals surface area (Å²) >= 11 is 1.55. The predicted octanol–water partition coefficient (Wildman–Crippen LogP) is 0.477. The van der Waals surface area contributed by atoms with E-state index in [1.165, 1.54) is 0 Å². The van der Waals surface area contributed by atoms with Gasteiger partial charge in [-0.2, -0.15) is 11.8 Å². The number of aromatic nitrogens is 2. The quantitative estimate of drug-likeness (QED) is 0.809. The average Bonchev–Trinajstić information content (AvgIpc) is 3.32. The number of carbonyl (C=O) groups excluding carboxylic acids is 2. The zero-order valence-electron chi connectivity index (χ0n) is 14.4. The molecule has 3 aliphatic heterocycles. The maximum Gasteiger partial charge on any atom is 0.275 e. The lowest BCUT2D eigenvalue weighted by molar-refractivity contribution is -0.128. The fourth-order valence-electron chi connectivity index (χ4n) is 4.60. The van der Waals surface area contributed by atoms with Crippen LogP contribution in [0.2, 0.25) is 0 Å². The second kappa shape index (κ2) is 6.28. The van der Waals surface area contributed by atoms with Crippen molar-refractivity contribution in [2.75, 3.05) is 31.6 Å². The average molecular weight is 366 g/mol. The lowest BCUT2D eigenvalue weighted by Gasteiger charge is -2.29. The van der Waals surface area contributed by atoms with Crippen LogP contribution in [-0.2, 0) is 9.53 Å². The fourth-order valence-corrected chi connectivity index (χ4v) is 5.03. The largest absolute Gasteiger partial charge is 0.369 e. The molecule has 0 aliphatic carbocycles. The van der Waals surface area contributed by atoms with Crippen LogP contribution in [0.15, 0.2) is 4.63 Å². The number of rotatable bonds is 5. The number of thioether (sulfide) groups is 1. The molecule has 9 heteroatoms. The van der Waals surface area contributed by atoms with Crippen molar-refractivity contribution in [3.63, 3.8) is 0 Å². The highest BCUT2D eigenvalue weighted by Crippen LogP contribution is 2.54. The molecule has 4 rings (SSSR count). The topological polar surface area (TPSA) is 97.6 Å². The molecular formula is C16H22N4O4S. The summed E-state index contributed by atoms with van der Waals surface area (Å²) in [4.78, 5) is 26.5. The number of aryl methyl sites for hydroxylation is 1. The fraction of sp³-hybridized carbons (Fsp3) is 0.750. The first-order valence-electron chi connectivity index (χ1n) is 8.56. The molecule has 136 valence electrons. The minimum Gasteiger partial charge on any atom is -0.369 e. The summed E-state index contributed by atoms with van der Waals surface area (Å²) in [6, 6.07) is 0. The van der Waals surface area contributed by atoms with E-state index in [0.29, 0.717) is 24.5 Å². The van der Waals surface area contributed by atoms with Gasteiger partial charge >= 0.3 is 0 Å². The van der Waals surface area contributed by atoms with Gasteiger partial charge in [-0.25, -0.2) is 4.63 Å². The summed E-state index contributed by atoms with van der Waals surface area (Å²) in [7, 11) is 0. The minimum atomic E-state index is -0.274. The van der Waals surface area contributed by atoms with Crippen LogP contribution in [0, 0.1) is 18.8 Å². The van der Waals surface area contributed by atoms with Crippen molar-refractivity contribution in [1.82, 2.24) is 20.5 Å². The van der Waals surface area contributed by atoms with Gasteiger partial charge in [-0.05, 0) is 31.2 Å². The molecule has 0 unspecified atom stereocenters. The second-order valence-corrected chi connectivity index (χ2v) is 8.01. The molecule has 0 radical (unpaired) electrons. The number of nitrogens with one attached hydrogen (secondary N) is 1. The van der Waals surface area contributed by atoms with Gasteiger partial charge in [0.05, 0.1) is 24.0 Å². The van der Waals surface area contributed by atoms with Gasteiger partial charge in [0.1, 0.15) is 5.69 Å². The molecule has 8 nitrogen and oxygen atoms in total. The highest BCUT2D eigenvalue weighted by Gasteiger charge is 2.63. The van der Waals surface area contributed by atoms with E-state index in [1.54, 1.807) is 18.7 Å². The van der Waals surface area contributed by atoms with E-state index in [-0.39, 0.29) is 41.0 Å². The van der Waals surface area contributed by atoms with Gasteiger partial charge in [-0.15, -0.1) is 0 Å². The number of hydrogen-bond donors (Lipinski definition) is 1. The van der Waals surface area contributed by atoms with Crippen molar-refractivity contribution >= 4 is 23.6 Å². The first-order chi connectivity index (χ1) is 12.0. The molecular weight excluding hydrogens is 344 g/mol. The number of nitrogens with zero attached hydrogens (tertiary/aromatic N) is 3. The summed E-state index contributed by atoms with van der Waals surface area (Å²) in [5, 5.41) is 10.2. The van der Waals surface area contributed by atoms with Crippen LogP contribution in [0.5, 0.6) is 0 Å². The molecule has 1 N–H and O–H groups in total. The van der Waals surface area contributed by atoms with E-state index >= 15 is 0 Å². The van der Waals surface area contributed by atoms with Crippen LogP contribution >= 0.6 is 11.8 Å². The molecule has 25 heavy (non-hydrogen) atoms. The lowest BCUT2D eigenvalue weighted by Crippen LogP contribution is -2.42. The Labute approximate surface area is 150 Å². The Morgan fingerprint density at radius 1 is 1.44 bits per heavy atom. The molecule has 3 fully saturated rings. The van der Waals surface area contributed by atoms with Crippen LogP contribution in [0.1, 0.15) is 29.0 Å². The Hall–Kier alpha value is -1.61. The first kappa shape index (κ1) is 16.8. The van der Waals surface area contributed by atoms with E-state index in [1.807, 2.05) is 11.2 Å². The van der Waals surface area contributed by atoms with Crippen LogP contribution in [0.25, 0.3) is 0 Å². The van der Waals surface area contributed by atoms with E-state index in [2.05, 4.69) is 20.3 Å². The van der Waals surface area contributed by atoms with Gasteiger partial charge in [-0.1, -0.05) is 5.16 Å². The molecule has 3 aliphatic rings. The van der Waals surface area contributed by atoms with Gasteiger partial charge in [-0.3, -0.25) is 9.59 Å². The maximum absolute atomic E-state index is 12.3. The predicted molar refractivity (Wildman–Crippen MR) is 90.1 cm³/mol. The van der Waals surface area contributed by atoms with Crippen molar-refractivity contribution < 1.29 is 19.0 Å². The number of fused-ring (bicyclic) bond motifs is 1. The highest BCUT2D eigenvalue weighted by atomic mass is 32.2. The van der Waals surface area contributed by atoms with Gasteiger partial charge in [0.25, 0.3) is 5.91 Å². The third-order valence-corrected chi connectivity index (χ3v) is 6.31. The zero-order chi connectivity index (χ0) is 17.6. The summed E-state index contributed by atoms with van der Waals surface area (Å²) in [6.45, 7) is 3.62. The number of likely N-dealkylation sites (tertiary alicyclic amines) is 1. The Morgan fingerprint density at radius 3 is 3.00 bits per heavy atom. The van der Waals surface area contributed by atoms with Gasteiger partial charge in [0, 0.05) is 24.9 Å². The van der Waals surface area contributed by atoms with Crippen molar-refractivity contribution in [1.29, 1.82) is 0 Å². The first-order valence-corrected chi connectivity index (χ1v) is 9.95. The van der Waals surface area contributed by atoms with Crippen LogP contribution < -0.4 is 5.32 Å². The molecule has 4 atom stereocenters. The standard InChI is InChI=1S/C16H22N4O4S/c1-9-14(19-24-18-9)15(22)17-5-10-11-6-20(13(21)7-25-2)8-16(11)4-3-12(10)23-16/h10-12H,3-8H2,1-2H3,(H,17,22)/t10-,11+,12+,16+/m0/s1. The SMILES string of the molecule is CSCC(=O)N1C[C@@H]2[C@H](CNC(=O)c3nonc3C)[C@H]3CC[C@]2(C1)O3. The molecule has 0 aromatic carbocycles. The van der Waals surface area contributed by atoms with Gasteiger partial charge in [0.15, 0.2) is 5.69 Å². The maximum atomic E-state index is 12.3. The van der Waals surface area contributed by atoms with E-state index < -0.39 is 0 Å². The molecule has 2 amide bonds. The Bertz CT molecular complexity index is 695. The second-order valence-electron chi connectivity index (χ2n) is 7.15. The molecule has 2 bridgehead atoms. The third kappa shape index (κ3) is 2.73. The van der Waals surface area contributed by atoms with Crippen LogP contribution in [0.4, 0.5) is 0 Å². The number of hydrogen-bond acceptors (Lipinski definition) is 7. The summed E-state index contributed by atoms with van der Waals surface area (Å²) < 4.78 is 10.9. The van der Waals surface area contributed by atoms with E-state index in [0.717, 1.165) is 19.4 Å². The molecule has 1 spiro atoms. The van der Waals surface area contributed by atoms with E-state index in [9.17, 15) is 9.59 Å². The van der Waals surface area contributed by atoms with Crippen molar-refractivity contribution in [2.45, 2.75) is 31.5 Å². The van der Waals surface area contributed by atoms with Gasteiger partial charge < -0.3 is 15.0 Å². The molecule has 1 aromatic heterocycles. The molecule has 3 saturated heterocycles. The summed E-state index contributed by atoms with van der Waals surface area (Å²) in [6.07, 6.45) is 4.10.